The van der Waals surface area contributed by atoms with Crippen molar-refractivity contribution in [3.8, 4) is 0 Å². The third kappa shape index (κ3) is 4.11. The molecule has 0 saturated heterocycles. The van der Waals surface area contributed by atoms with Crippen LogP contribution in [0, 0.1) is 26.7 Å². The van der Waals surface area contributed by atoms with Gasteiger partial charge in [-0.3, -0.25) is 14.3 Å². The number of carbonyl (C=O) groups excluding carboxylic acids is 2. The number of carbonyl (C=O) groups is 2. The molecule has 1 fully saturated rings. The summed E-state index contributed by atoms with van der Waals surface area (Å²) in [7, 11) is 0. The molecule has 1 aliphatic rings. The Morgan fingerprint density at radius 3 is 2.00 bits per heavy atom. The highest BCUT2D eigenvalue weighted by Crippen LogP contribution is 2.36. The molecule has 0 bridgehead atoms. The zero-order valence-corrected chi connectivity index (χ0v) is 17.8. The Bertz CT molecular complexity index is 851. The van der Waals surface area contributed by atoms with Crippen molar-refractivity contribution in [1.82, 2.24) is 9.78 Å². The van der Waals surface area contributed by atoms with E-state index >= 15 is 0 Å². The van der Waals surface area contributed by atoms with E-state index in [4.69, 9.17) is 0 Å². The van der Waals surface area contributed by atoms with Crippen LogP contribution in [0.4, 0.5) is 0 Å². The zero-order valence-electron chi connectivity index (χ0n) is 17.8. The number of rotatable bonds is 6. The molecule has 0 radical (unpaired) electrons. The fourth-order valence-corrected chi connectivity index (χ4v) is 4.70. The van der Waals surface area contributed by atoms with Gasteiger partial charge in [0, 0.05) is 25.1 Å². The lowest BCUT2D eigenvalue weighted by Gasteiger charge is -2.29. The van der Waals surface area contributed by atoms with E-state index in [-0.39, 0.29) is 17.5 Å². The number of aryl methyl sites for hydroxylation is 6. The summed E-state index contributed by atoms with van der Waals surface area (Å²) in [6.07, 6.45) is 3.51. The second-order valence-corrected chi connectivity index (χ2v) is 8.28. The summed E-state index contributed by atoms with van der Waals surface area (Å²) in [5, 5.41) is 4.50. The van der Waals surface area contributed by atoms with Crippen LogP contribution in [0.3, 0.4) is 0 Å². The third-order valence-electron chi connectivity index (χ3n) is 6.02. The number of ketones is 2. The lowest BCUT2D eigenvalue weighted by Crippen LogP contribution is -2.33. The molecule has 0 atom stereocenters. The maximum absolute atomic E-state index is 13.1. The molecule has 1 heterocycles. The van der Waals surface area contributed by atoms with Gasteiger partial charge in [-0.1, -0.05) is 31.5 Å². The molecule has 0 N–H and O–H groups in total. The van der Waals surface area contributed by atoms with Gasteiger partial charge in [-0.25, -0.2) is 0 Å². The van der Waals surface area contributed by atoms with Crippen LogP contribution in [0.5, 0.6) is 0 Å². The average molecular weight is 381 g/mol. The third-order valence-corrected chi connectivity index (χ3v) is 6.02. The van der Waals surface area contributed by atoms with Crippen LogP contribution in [-0.2, 0) is 29.0 Å². The molecule has 4 nitrogen and oxygen atoms in total. The van der Waals surface area contributed by atoms with Crippen LogP contribution >= 0.6 is 0 Å². The molecule has 2 aromatic rings. The first-order valence-corrected chi connectivity index (χ1v) is 10.5. The summed E-state index contributed by atoms with van der Waals surface area (Å²) >= 11 is 0. The first-order chi connectivity index (χ1) is 13.3. The number of aromatic nitrogens is 2. The first kappa shape index (κ1) is 20.5. The molecule has 0 amide bonds. The van der Waals surface area contributed by atoms with Gasteiger partial charge in [-0.05, 0) is 68.7 Å². The van der Waals surface area contributed by atoms with Crippen LogP contribution in [0.15, 0.2) is 18.2 Å². The van der Waals surface area contributed by atoms with Crippen molar-refractivity contribution in [2.75, 3.05) is 0 Å². The fraction of sp³-hybridized carbons (Fsp3) is 0.542. The van der Waals surface area contributed by atoms with Gasteiger partial charge in [-0.15, -0.1) is 0 Å². The van der Waals surface area contributed by atoms with Crippen LogP contribution < -0.4 is 0 Å². The van der Waals surface area contributed by atoms with Crippen molar-refractivity contribution in [3.05, 3.63) is 51.8 Å². The van der Waals surface area contributed by atoms with Crippen molar-refractivity contribution in [1.29, 1.82) is 0 Å². The van der Waals surface area contributed by atoms with Gasteiger partial charge in [0.2, 0.25) is 0 Å². The van der Waals surface area contributed by atoms with Crippen LogP contribution in [0.2, 0.25) is 0 Å². The highest BCUT2D eigenvalue weighted by atomic mass is 16.2. The van der Waals surface area contributed by atoms with Crippen molar-refractivity contribution >= 4 is 11.6 Å². The lowest BCUT2D eigenvalue weighted by molar-refractivity contribution is -0.133. The van der Waals surface area contributed by atoms with E-state index < -0.39 is 5.92 Å². The standard InChI is InChI=1S/C24H32N2O2/c1-6-19-10-15(3)11-20(7-2)23(19)24-21(27)13-18(14-22(24)28)8-9-26-17(5)12-16(4)25-26/h10-12,18,24H,6-9,13-14H2,1-5H3. The molecule has 1 aliphatic carbocycles. The molecular formula is C24H32N2O2. The molecule has 1 saturated carbocycles. The molecule has 0 spiro atoms. The molecule has 1 aromatic carbocycles. The molecule has 0 unspecified atom stereocenters. The van der Waals surface area contributed by atoms with E-state index in [0.717, 1.165) is 53.9 Å². The molecule has 150 valence electrons. The number of Topliss-reactive ketones (excluding diaryl/α,β-unsaturated/α-hetero) is 2. The second kappa shape index (κ2) is 8.42. The Kier molecular flexibility index (Phi) is 6.17. The second-order valence-electron chi connectivity index (χ2n) is 8.28. The van der Waals surface area contributed by atoms with Gasteiger partial charge in [0.25, 0.3) is 0 Å². The number of hydrogen-bond donors (Lipinski definition) is 0. The summed E-state index contributed by atoms with van der Waals surface area (Å²) < 4.78 is 1.99. The molecule has 0 aliphatic heterocycles. The summed E-state index contributed by atoms with van der Waals surface area (Å²) in [6, 6.07) is 6.34. The van der Waals surface area contributed by atoms with Gasteiger partial charge in [0.15, 0.2) is 0 Å². The average Bonchev–Trinajstić information content (AvgIpc) is 2.97. The van der Waals surface area contributed by atoms with Gasteiger partial charge in [-0.2, -0.15) is 5.10 Å². The predicted molar refractivity (Wildman–Crippen MR) is 112 cm³/mol. The Labute approximate surface area is 168 Å². The van der Waals surface area contributed by atoms with Gasteiger partial charge >= 0.3 is 0 Å². The van der Waals surface area contributed by atoms with Crippen LogP contribution in [0.25, 0.3) is 0 Å². The maximum Gasteiger partial charge on any atom is 0.148 e. The van der Waals surface area contributed by atoms with Crippen molar-refractivity contribution in [2.45, 2.75) is 79.2 Å². The SMILES string of the molecule is CCc1cc(C)cc(CC)c1C1C(=O)CC(CCn2nc(C)cc2C)CC1=O. The minimum atomic E-state index is -0.560. The predicted octanol–water partition coefficient (Wildman–Crippen LogP) is 4.66. The van der Waals surface area contributed by atoms with E-state index in [0.29, 0.717) is 12.8 Å². The number of benzene rings is 1. The van der Waals surface area contributed by atoms with Crippen LogP contribution in [-0.4, -0.2) is 21.3 Å². The summed E-state index contributed by atoms with van der Waals surface area (Å²) in [5.41, 5.74) is 6.66. The summed E-state index contributed by atoms with van der Waals surface area (Å²) in [4.78, 5) is 26.2. The van der Waals surface area contributed by atoms with E-state index in [1.807, 2.05) is 18.5 Å². The highest BCUT2D eigenvalue weighted by molar-refractivity contribution is 6.10. The maximum atomic E-state index is 13.1. The molecule has 28 heavy (non-hydrogen) atoms. The number of nitrogens with zero attached hydrogens (tertiary/aromatic N) is 2. The van der Waals surface area contributed by atoms with Crippen LogP contribution in [0.1, 0.15) is 72.7 Å². The smallest absolute Gasteiger partial charge is 0.148 e. The Morgan fingerprint density at radius 1 is 0.964 bits per heavy atom. The van der Waals surface area contributed by atoms with Crippen molar-refractivity contribution in [2.24, 2.45) is 5.92 Å². The summed E-state index contributed by atoms with van der Waals surface area (Å²) in [5.74, 6) is -0.234. The van der Waals surface area contributed by atoms with E-state index in [2.05, 4.69) is 44.1 Å². The minimum Gasteiger partial charge on any atom is -0.299 e. The Balaban J connectivity index is 1.78. The fourth-order valence-electron chi connectivity index (χ4n) is 4.70. The molecule has 3 rings (SSSR count). The zero-order chi connectivity index (χ0) is 20.4. The molecular weight excluding hydrogens is 348 g/mol. The summed E-state index contributed by atoms with van der Waals surface area (Å²) in [6.45, 7) is 11.1. The molecule has 1 aromatic heterocycles. The molecule has 4 heteroatoms. The lowest BCUT2D eigenvalue weighted by atomic mass is 9.72. The minimum absolute atomic E-state index is 0.0999. The van der Waals surface area contributed by atoms with E-state index in [1.165, 1.54) is 5.56 Å². The van der Waals surface area contributed by atoms with Gasteiger partial charge in [0.1, 0.15) is 17.5 Å². The quantitative estimate of drug-likeness (QED) is 0.685. The Morgan fingerprint density at radius 2 is 1.54 bits per heavy atom. The topological polar surface area (TPSA) is 52.0 Å². The van der Waals surface area contributed by atoms with Crippen molar-refractivity contribution < 1.29 is 9.59 Å². The number of hydrogen-bond acceptors (Lipinski definition) is 3. The van der Waals surface area contributed by atoms with Gasteiger partial charge < -0.3 is 0 Å². The van der Waals surface area contributed by atoms with Crippen molar-refractivity contribution in [3.63, 3.8) is 0 Å². The largest absolute Gasteiger partial charge is 0.299 e. The first-order valence-electron chi connectivity index (χ1n) is 10.5. The van der Waals surface area contributed by atoms with E-state index in [1.54, 1.807) is 0 Å². The van der Waals surface area contributed by atoms with E-state index in [9.17, 15) is 9.59 Å². The highest BCUT2D eigenvalue weighted by Gasteiger charge is 2.38. The monoisotopic (exact) mass is 380 g/mol. The normalized spacial score (nSPS) is 20.0. The van der Waals surface area contributed by atoms with Gasteiger partial charge in [0.05, 0.1) is 5.69 Å². The Hall–Kier alpha value is -2.23.